The molecule has 1 aromatic carbocycles. The van der Waals surface area contributed by atoms with Gasteiger partial charge in [-0.3, -0.25) is 19.4 Å². The average molecular weight is 340 g/mol. The van der Waals surface area contributed by atoms with Crippen LogP contribution in [0.5, 0.6) is 0 Å². The second-order valence-corrected chi connectivity index (χ2v) is 4.95. The van der Waals surface area contributed by atoms with Gasteiger partial charge in [-0.05, 0) is 30.3 Å². The maximum absolute atomic E-state index is 12.2. The van der Waals surface area contributed by atoms with E-state index in [0.717, 1.165) is 6.20 Å². The monoisotopic (exact) mass is 340 g/mol. The minimum atomic E-state index is -0.723. The van der Waals surface area contributed by atoms with Crippen LogP contribution in [0.3, 0.4) is 0 Å². The summed E-state index contributed by atoms with van der Waals surface area (Å²) in [6.45, 7) is 0. The predicted molar refractivity (Wildman–Crippen MR) is 88.7 cm³/mol. The van der Waals surface area contributed by atoms with Crippen LogP contribution in [0, 0.1) is 0 Å². The summed E-state index contributed by atoms with van der Waals surface area (Å²) in [7, 11) is 0. The lowest BCUT2D eigenvalue weighted by molar-refractivity contribution is 0.0993. The Hall–Kier alpha value is -3.88. The number of anilines is 2. The molecule has 4 N–H and O–H groups in total. The first-order chi connectivity index (χ1) is 12.0. The highest BCUT2D eigenvalue weighted by atomic mass is 16.3. The lowest BCUT2D eigenvalue weighted by Gasteiger charge is -2.07. The summed E-state index contributed by atoms with van der Waals surface area (Å²) in [4.78, 5) is 51.0. The fourth-order valence-electron chi connectivity index (χ4n) is 2.04. The molecule has 0 unspecified atom stereocenters. The summed E-state index contributed by atoms with van der Waals surface area (Å²) in [6, 6.07) is 9.22. The normalized spacial score (nSPS) is 10.2. The maximum atomic E-state index is 12.2. The molecule has 0 spiro atoms. The summed E-state index contributed by atoms with van der Waals surface area (Å²) >= 11 is 0. The van der Waals surface area contributed by atoms with Gasteiger partial charge in [-0.25, -0.2) is 4.79 Å². The van der Waals surface area contributed by atoms with Crippen LogP contribution in [0.4, 0.5) is 11.4 Å². The van der Waals surface area contributed by atoms with E-state index in [1.165, 1.54) is 24.5 Å². The van der Waals surface area contributed by atoms with Gasteiger partial charge in [-0.2, -0.15) is 0 Å². The Balaban J connectivity index is 1.76. The van der Waals surface area contributed by atoms with Crippen molar-refractivity contribution in [3.63, 3.8) is 0 Å². The van der Waals surface area contributed by atoms with Gasteiger partial charge in [0.2, 0.25) is 0 Å². The molecule has 0 saturated carbocycles. The Bertz CT molecular complexity index is 1030. The number of aromatic nitrogens is 2. The minimum absolute atomic E-state index is 0.102. The molecule has 9 heteroatoms. The number of aromatic amines is 2. The van der Waals surface area contributed by atoms with Crippen molar-refractivity contribution in [2.45, 2.75) is 0 Å². The van der Waals surface area contributed by atoms with Gasteiger partial charge in [0.25, 0.3) is 17.4 Å². The van der Waals surface area contributed by atoms with Gasteiger partial charge in [0.1, 0.15) is 5.69 Å². The van der Waals surface area contributed by atoms with Gasteiger partial charge < -0.3 is 20.0 Å². The SMILES string of the molecule is O=C(Nc1c[nH]c(=O)[nH]c1=O)c1cccc(NC(=O)c2ccco2)c1. The standard InChI is InChI=1S/C16H12N4O5/c21-13(19-11-8-17-16(24)20-14(11)22)9-3-1-4-10(7-9)18-15(23)12-5-2-6-25-12/h1-8H,(H,18,23)(H,19,21)(H2,17,20,22,24). The predicted octanol–water partition coefficient (Wildman–Crippen LogP) is 1.16. The van der Waals surface area contributed by atoms with Crippen molar-refractivity contribution < 1.29 is 14.0 Å². The summed E-state index contributed by atoms with van der Waals surface area (Å²) in [5, 5.41) is 4.97. The van der Waals surface area contributed by atoms with Crippen LogP contribution in [0.2, 0.25) is 0 Å². The molecule has 2 heterocycles. The quantitative estimate of drug-likeness (QED) is 0.565. The molecular weight excluding hydrogens is 328 g/mol. The Morgan fingerprint density at radius 1 is 1.00 bits per heavy atom. The number of amides is 2. The van der Waals surface area contributed by atoms with E-state index in [1.807, 2.05) is 4.98 Å². The molecule has 0 radical (unpaired) electrons. The van der Waals surface area contributed by atoms with Gasteiger partial charge >= 0.3 is 5.69 Å². The molecule has 2 amide bonds. The number of hydrogen-bond donors (Lipinski definition) is 4. The molecule has 0 atom stereocenters. The third kappa shape index (κ3) is 3.72. The summed E-state index contributed by atoms with van der Waals surface area (Å²) in [5.74, 6) is -0.902. The first-order valence-corrected chi connectivity index (χ1v) is 7.11. The van der Waals surface area contributed by atoms with E-state index in [2.05, 4.69) is 15.6 Å². The number of H-pyrrole nitrogens is 2. The molecule has 0 aliphatic heterocycles. The highest BCUT2D eigenvalue weighted by Crippen LogP contribution is 2.13. The first kappa shape index (κ1) is 16.0. The Kier molecular flexibility index (Phi) is 4.29. The number of nitrogens with one attached hydrogen (secondary N) is 4. The van der Waals surface area contributed by atoms with Crippen LogP contribution in [-0.2, 0) is 0 Å². The van der Waals surface area contributed by atoms with E-state index >= 15 is 0 Å². The molecule has 0 fully saturated rings. The fraction of sp³-hybridized carbons (Fsp3) is 0. The Labute approximate surface area is 139 Å². The zero-order valence-corrected chi connectivity index (χ0v) is 12.7. The molecule has 0 bridgehead atoms. The minimum Gasteiger partial charge on any atom is -0.459 e. The molecule has 126 valence electrons. The zero-order chi connectivity index (χ0) is 17.8. The number of furan rings is 1. The smallest absolute Gasteiger partial charge is 0.325 e. The van der Waals surface area contributed by atoms with E-state index < -0.39 is 23.1 Å². The van der Waals surface area contributed by atoms with Crippen molar-refractivity contribution in [1.29, 1.82) is 0 Å². The van der Waals surface area contributed by atoms with Crippen LogP contribution in [0.15, 0.2) is 62.9 Å². The maximum Gasteiger partial charge on any atom is 0.325 e. The van der Waals surface area contributed by atoms with Crippen molar-refractivity contribution in [2.75, 3.05) is 10.6 Å². The first-order valence-electron chi connectivity index (χ1n) is 7.11. The van der Waals surface area contributed by atoms with E-state index in [4.69, 9.17) is 4.42 Å². The van der Waals surface area contributed by atoms with Gasteiger partial charge in [-0.15, -0.1) is 0 Å². The number of carbonyl (C=O) groups excluding carboxylic acids is 2. The highest BCUT2D eigenvalue weighted by molar-refractivity contribution is 6.06. The summed E-state index contributed by atoms with van der Waals surface area (Å²) in [5.41, 5.74) is -0.910. The summed E-state index contributed by atoms with van der Waals surface area (Å²) in [6.07, 6.45) is 2.47. The van der Waals surface area contributed by atoms with Crippen molar-refractivity contribution in [1.82, 2.24) is 9.97 Å². The van der Waals surface area contributed by atoms with Crippen LogP contribution in [0.1, 0.15) is 20.9 Å². The lowest BCUT2D eigenvalue weighted by atomic mass is 10.2. The van der Waals surface area contributed by atoms with Crippen molar-refractivity contribution in [3.05, 3.63) is 81.0 Å². The van der Waals surface area contributed by atoms with Crippen LogP contribution in [-0.4, -0.2) is 21.8 Å². The number of carbonyl (C=O) groups is 2. The van der Waals surface area contributed by atoms with E-state index in [0.29, 0.717) is 5.69 Å². The van der Waals surface area contributed by atoms with Crippen molar-refractivity contribution >= 4 is 23.2 Å². The van der Waals surface area contributed by atoms with Crippen LogP contribution < -0.4 is 21.9 Å². The van der Waals surface area contributed by atoms with Crippen molar-refractivity contribution in [2.24, 2.45) is 0 Å². The largest absolute Gasteiger partial charge is 0.459 e. The third-order valence-electron chi connectivity index (χ3n) is 3.20. The molecule has 0 aliphatic carbocycles. The topological polar surface area (TPSA) is 137 Å². The van der Waals surface area contributed by atoms with Gasteiger partial charge in [0.15, 0.2) is 5.76 Å². The number of rotatable bonds is 4. The molecule has 25 heavy (non-hydrogen) atoms. The molecule has 0 saturated heterocycles. The second-order valence-electron chi connectivity index (χ2n) is 4.95. The van der Waals surface area contributed by atoms with Gasteiger partial charge in [-0.1, -0.05) is 6.07 Å². The average Bonchev–Trinajstić information content (AvgIpc) is 3.12. The molecule has 2 aromatic heterocycles. The number of benzene rings is 1. The van der Waals surface area contributed by atoms with Gasteiger partial charge in [0.05, 0.1) is 6.26 Å². The molecule has 0 aliphatic rings. The van der Waals surface area contributed by atoms with Crippen LogP contribution >= 0.6 is 0 Å². The second kappa shape index (κ2) is 6.71. The summed E-state index contributed by atoms with van der Waals surface area (Å²) < 4.78 is 4.99. The van der Waals surface area contributed by atoms with E-state index in [1.54, 1.807) is 18.2 Å². The lowest BCUT2D eigenvalue weighted by Crippen LogP contribution is -2.26. The zero-order valence-electron chi connectivity index (χ0n) is 12.7. The van der Waals surface area contributed by atoms with Crippen LogP contribution in [0.25, 0.3) is 0 Å². The molecule has 9 nitrogen and oxygen atoms in total. The van der Waals surface area contributed by atoms with Gasteiger partial charge in [0, 0.05) is 17.4 Å². The van der Waals surface area contributed by atoms with E-state index in [-0.39, 0.29) is 17.0 Å². The fourth-order valence-corrected chi connectivity index (χ4v) is 2.04. The third-order valence-corrected chi connectivity index (χ3v) is 3.20. The molecule has 3 aromatic rings. The Morgan fingerprint density at radius 2 is 1.84 bits per heavy atom. The highest BCUT2D eigenvalue weighted by Gasteiger charge is 2.12. The molecular formula is C16H12N4O5. The van der Waals surface area contributed by atoms with E-state index in [9.17, 15) is 19.2 Å². The van der Waals surface area contributed by atoms with Crippen molar-refractivity contribution in [3.8, 4) is 0 Å². The molecule has 3 rings (SSSR count). The Morgan fingerprint density at radius 3 is 2.56 bits per heavy atom. The number of hydrogen-bond acceptors (Lipinski definition) is 5.